The fourth-order valence-corrected chi connectivity index (χ4v) is 3.12. The molecule has 2 nitrogen and oxygen atoms in total. The van der Waals surface area contributed by atoms with Crippen LogP contribution in [0.3, 0.4) is 0 Å². The summed E-state index contributed by atoms with van der Waals surface area (Å²) in [4.78, 5) is 0. The molecule has 21 heavy (non-hydrogen) atoms. The van der Waals surface area contributed by atoms with Crippen LogP contribution < -0.4 is 5.32 Å². The third kappa shape index (κ3) is 4.34. The second-order valence-corrected chi connectivity index (χ2v) is 6.24. The highest BCUT2D eigenvalue weighted by atomic mass is 32.2. The summed E-state index contributed by atoms with van der Waals surface area (Å²) in [6.45, 7) is 2.32. The molecular formula is C18H23NOS. The first-order chi connectivity index (χ1) is 10.3. The number of aliphatic hydroxyl groups is 1. The van der Waals surface area contributed by atoms with E-state index in [1.165, 1.54) is 11.1 Å². The Morgan fingerprint density at radius 1 is 0.952 bits per heavy atom. The fourth-order valence-electron chi connectivity index (χ4n) is 2.48. The molecule has 0 saturated heterocycles. The average molecular weight is 301 g/mol. The molecule has 0 aromatic heterocycles. The van der Waals surface area contributed by atoms with Gasteiger partial charge in [0.25, 0.3) is 0 Å². The van der Waals surface area contributed by atoms with Gasteiger partial charge in [0, 0.05) is 11.3 Å². The molecule has 0 spiro atoms. The van der Waals surface area contributed by atoms with Crippen LogP contribution in [0, 0.1) is 0 Å². The summed E-state index contributed by atoms with van der Waals surface area (Å²) in [6, 6.07) is 21.3. The molecule has 0 heterocycles. The van der Waals surface area contributed by atoms with Gasteiger partial charge in [-0.15, -0.1) is 0 Å². The van der Waals surface area contributed by atoms with Gasteiger partial charge >= 0.3 is 0 Å². The summed E-state index contributed by atoms with van der Waals surface area (Å²) in [6.07, 6.45) is 2.04. The number of hydrogen-bond acceptors (Lipinski definition) is 3. The highest BCUT2D eigenvalue weighted by molar-refractivity contribution is 7.99. The van der Waals surface area contributed by atoms with Crippen LogP contribution in [0.5, 0.6) is 0 Å². The van der Waals surface area contributed by atoms with E-state index in [4.69, 9.17) is 0 Å². The Balaban J connectivity index is 2.25. The van der Waals surface area contributed by atoms with Crippen LogP contribution in [0.15, 0.2) is 60.7 Å². The highest BCUT2D eigenvalue weighted by Gasteiger charge is 2.21. The Labute approximate surface area is 131 Å². The van der Waals surface area contributed by atoms with Crippen LogP contribution in [-0.2, 0) is 0 Å². The molecule has 2 N–H and O–H groups in total. The van der Waals surface area contributed by atoms with E-state index in [2.05, 4.69) is 60.8 Å². The van der Waals surface area contributed by atoms with Crippen LogP contribution in [-0.4, -0.2) is 29.3 Å². The molecule has 2 aromatic carbocycles. The van der Waals surface area contributed by atoms with E-state index >= 15 is 0 Å². The van der Waals surface area contributed by atoms with Crippen molar-refractivity contribution in [2.24, 2.45) is 0 Å². The molecule has 2 aromatic rings. The molecule has 112 valence electrons. The highest BCUT2D eigenvalue weighted by Crippen LogP contribution is 2.24. The predicted molar refractivity (Wildman–Crippen MR) is 91.7 cm³/mol. The minimum atomic E-state index is 0.142. The van der Waals surface area contributed by atoms with Gasteiger partial charge in [0.05, 0.1) is 12.6 Å². The number of rotatable bonds is 7. The molecule has 0 fully saturated rings. The van der Waals surface area contributed by atoms with Gasteiger partial charge < -0.3 is 10.4 Å². The van der Waals surface area contributed by atoms with Gasteiger partial charge in [-0.05, 0) is 24.3 Å². The lowest BCUT2D eigenvalue weighted by Gasteiger charge is -2.28. The average Bonchev–Trinajstić information content (AvgIpc) is 2.55. The maximum atomic E-state index is 9.49. The zero-order chi connectivity index (χ0) is 15.1. The summed E-state index contributed by atoms with van der Waals surface area (Å²) < 4.78 is 0. The quantitative estimate of drug-likeness (QED) is 0.821. The summed E-state index contributed by atoms with van der Waals surface area (Å²) in [5, 5.41) is 13.4. The first-order valence-corrected chi connectivity index (χ1v) is 8.54. The normalized spacial score (nSPS) is 14.1. The Morgan fingerprint density at radius 3 is 1.81 bits per heavy atom. The second kappa shape index (κ2) is 8.23. The molecule has 0 aliphatic carbocycles. The molecule has 2 unspecified atom stereocenters. The molecule has 2 rings (SSSR count). The SMILES string of the molecule is CSC(CO)C(C)NC(c1ccccc1)c1ccccc1. The van der Waals surface area contributed by atoms with Crippen molar-refractivity contribution in [2.45, 2.75) is 24.3 Å². The van der Waals surface area contributed by atoms with E-state index in [-0.39, 0.29) is 23.9 Å². The number of thioether (sulfide) groups is 1. The topological polar surface area (TPSA) is 32.3 Å². The van der Waals surface area contributed by atoms with E-state index in [0.29, 0.717) is 0 Å². The summed E-state index contributed by atoms with van der Waals surface area (Å²) >= 11 is 1.70. The minimum absolute atomic E-state index is 0.142. The van der Waals surface area contributed by atoms with Crippen molar-refractivity contribution in [3.05, 3.63) is 71.8 Å². The number of aliphatic hydroxyl groups excluding tert-OH is 1. The van der Waals surface area contributed by atoms with E-state index in [1.807, 2.05) is 18.4 Å². The van der Waals surface area contributed by atoms with Gasteiger partial charge in [0.2, 0.25) is 0 Å². The second-order valence-electron chi connectivity index (χ2n) is 5.17. The zero-order valence-corrected chi connectivity index (χ0v) is 13.4. The van der Waals surface area contributed by atoms with E-state index in [1.54, 1.807) is 11.8 Å². The van der Waals surface area contributed by atoms with Crippen molar-refractivity contribution in [1.82, 2.24) is 5.32 Å². The number of nitrogens with one attached hydrogen (secondary N) is 1. The lowest BCUT2D eigenvalue weighted by atomic mass is 9.97. The van der Waals surface area contributed by atoms with Gasteiger partial charge in [-0.1, -0.05) is 60.7 Å². The summed E-state index contributed by atoms with van der Waals surface area (Å²) in [7, 11) is 0. The molecule has 2 atom stereocenters. The van der Waals surface area contributed by atoms with Crippen molar-refractivity contribution >= 4 is 11.8 Å². The van der Waals surface area contributed by atoms with Crippen LogP contribution in [0.2, 0.25) is 0 Å². The number of hydrogen-bond donors (Lipinski definition) is 2. The fraction of sp³-hybridized carbons (Fsp3) is 0.333. The van der Waals surface area contributed by atoms with Crippen LogP contribution in [0.1, 0.15) is 24.1 Å². The Hall–Kier alpha value is -1.29. The first-order valence-electron chi connectivity index (χ1n) is 7.26. The molecule has 3 heteroatoms. The molecule has 0 radical (unpaired) electrons. The molecule has 0 aliphatic rings. The molecular weight excluding hydrogens is 278 g/mol. The van der Waals surface area contributed by atoms with Crippen molar-refractivity contribution in [3.8, 4) is 0 Å². The monoisotopic (exact) mass is 301 g/mol. The molecule has 0 amide bonds. The smallest absolute Gasteiger partial charge is 0.0579 e. The van der Waals surface area contributed by atoms with Crippen molar-refractivity contribution in [3.63, 3.8) is 0 Å². The van der Waals surface area contributed by atoms with E-state index in [9.17, 15) is 5.11 Å². The number of benzene rings is 2. The lowest BCUT2D eigenvalue weighted by Crippen LogP contribution is -2.40. The summed E-state index contributed by atoms with van der Waals surface area (Å²) in [5.74, 6) is 0. The first kappa shape index (κ1) is 16.1. The van der Waals surface area contributed by atoms with E-state index < -0.39 is 0 Å². The third-order valence-electron chi connectivity index (χ3n) is 3.74. The van der Waals surface area contributed by atoms with Gasteiger partial charge in [0.15, 0.2) is 0 Å². The van der Waals surface area contributed by atoms with E-state index in [0.717, 1.165) is 0 Å². The zero-order valence-electron chi connectivity index (χ0n) is 12.6. The largest absolute Gasteiger partial charge is 0.395 e. The minimum Gasteiger partial charge on any atom is -0.395 e. The standard InChI is InChI=1S/C18H23NOS/c1-14(17(13-20)21-2)19-18(15-9-5-3-6-10-15)16-11-7-4-8-12-16/h3-12,14,17-20H,13H2,1-2H3. The lowest BCUT2D eigenvalue weighted by molar-refractivity contribution is 0.273. The third-order valence-corrected chi connectivity index (χ3v) is 4.90. The van der Waals surface area contributed by atoms with Crippen LogP contribution in [0.25, 0.3) is 0 Å². The van der Waals surface area contributed by atoms with Gasteiger partial charge in [-0.3, -0.25) is 0 Å². The van der Waals surface area contributed by atoms with Gasteiger partial charge in [0.1, 0.15) is 0 Å². The Morgan fingerprint density at radius 2 is 1.43 bits per heavy atom. The van der Waals surface area contributed by atoms with Crippen LogP contribution >= 0.6 is 11.8 Å². The Bertz CT molecular complexity index is 474. The maximum Gasteiger partial charge on any atom is 0.0579 e. The van der Waals surface area contributed by atoms with Crippen molar-refractivity contribution in [2.75, 3.05) is 12.9 Å². The molecule has 0 saturated carbocycles. The predicted octanol–water partition coefficient (Wildman–Crippen LogP) is 3.48. The van der Waals surface area contributed by atoms with Crippen molar-refractivity contribution in [1.29, 1.82) is 0 Å². The van der Waals surface area contributed by atoms with Gasteiger partial charge in [-0.25, -0.2) is 0 Å². The van der Waals surface area contributed by atoms with Gasteiger partial charge in [-0.2, -0.15) is 11.8 Å². The van der Waals surface area contributed by atoms with Crippen LogP contribution in [0.4, 0.5) is 0 Å². The van der Waals surface area contributed by atoms with Crippen molar-refractivity contribution < 1.29 is 5.11 Å². The summed E-state index contributed by atoms with van der Waals surface area (Å²) in [5.41, 5.74) is 2.49. The molecule has 0 bridgehead atoms. The maximum absolute atomic E-state index is 9.49. The molecule has 0 aliphatic heterocycles. The Kier molecular flexibility index (Phi) is 6.30.